The Morgan fingerprint density at radius 2 is 1.89 bits per heavy atom. The van der Waals surface area contributed by atoms with Gasteiger partial charge in [0.2, 0.25) is 0 Å². The summed E-state index contributed by atoms with van der Waals surface area (Å²) in [5.74, 6) is 1.52. The summed E-state index contributed by atoms with van der Waals surface area (Å²) < 4.78 is 5.53. The highest BCUT2D eigenvalue weighted by atomic mass is 127. The first-order valence-electron chi connectivity index (χ1n) is 7.22. The second-order valence-corrected chi connectivity index (χ2v) is 5.04. The minimum absolute atomic E-state index is 0. The summed E-state index contributed by atoms with van der Waals surface area (Å²) in [5, 5.41) is 6.63. The maximum atomic E-state index is 5.53. The molecule has 0 saturated carbocycles. The molecule has 4 nitrogen and oxygen atoms in total. The van der Waals surface area contributed by atoms with Gasteiger partial charge in [0.15, 0.2) is 5.96 Å². The number of hydrogen-bond acceptors (Lipinski definition) is 2. The van der Waals surface area contributed by atoms with Gasteiger partial charge in [0.25, 0.3) is 0 Å². The van der Waals surface area contributed by atoms with Crippen molar-refractivity contribution in [1.29, 1.82) is 0 Å². The maximum absolute atomic E-state index is 5.53. The van der Waals surface area contributed by atoms with Gasteiger partial charge in [-0.15, -0.1) is 24.0 Å². The third-order valence-electron chi connectivity index (χ3n) is 2.51. The lowest BCUT2D eigenvalue weighted by Gasteiger charge is -2.16. The summed E-state index contributed by atoms with van der Waals surface area (Å²) in [6.07, 6.45) is 2.08. The van der Waals surface area contributed by atoms with Crippen molar-refractivity contribution in [3.05, 3.63) is 0 Å². The molecule has 1 atom stereocenters. The lowest BCUT2D eigenvalue weighted by Crippen LogP contribution is -2.42. The normalized spacial score (nSPS) is 13.1. The average molecular weight is 385 g/mol. The summed E-state index contributed by atoms with van der Waals surface area (Å²) >= 11 is 0. The number of halogens is 1. The molecule has 1 unspecified atom stereocenters. The molecule has 0 aliphatic carbocycles. The Labute approximate surface area is 136 Å². The molecule has 116 valence electrons. The van der Waals surface area contributed by atoms with Crippen LogP contribution in [0.3, 0.4) is 0 Å². The van der Waals surface area contributed by atoms with Gasteiger partial charge in [-0.1, -0.05) is 20.8 Å². The largest absolute Gasteiger partial charge is 0.381 e. The maximum Gasteiger partial charge on any atom is 0.191 e. The van der Waals surface area contributed by atoms with E-state index in [2.05, 4.69) is 50.2 Å². The number of nitrogens with one attached hydrogen (secondary N) is 2. The minimum Gasteiger partial charge on any atom is -0.381 e. The zero-order valence-electron chi connectivity index (χ0n) is 13.2. The van der Waals surface area contributed by atoms with Crippen molar-refractivity contribution in [2.24, 2.45) is 10.9 Å². The quantitative estimate of drug-likeness (QED) is 0.278. The van der Waals surface area contributed by atoms with Crippen LogP contribution in [0.2, 0.25) is 0 Å². The highest BCUT2D eigenvalue weighted by Gasteiger charge is 2.01. The van der Waals surface area contributed by atoms with Crippen LogP contribution in [0.5, 0.6) is 0 Å². The van der Waals surface area contributed by atoms with Gasteiger partial charge in [0, 0.05) is 32.3 Å². The van der Waals surface area contributed by atoms with Crippen LogP contribution in [-0.4, -0.2) is 38.3 Å². The molecule has 19 heavy (non-hydrogen) atoms. The summed E-state index contributed by atoms with van der Waals surface area (Å²) in [6.45, 7) is 14.1. The Kier molecular flexibility index (Phi) is 16.1. The van der Waals surface area contributed by atoms with Gasteiger partial charge >= 0.3 is 0 Å². The molecule has 0 rings (SSSR count). The second kappa shape index (κ2) is 14.4. The first-order chi connectivity index (χ1) is 8.60. The summed E-state index contributed by atoms with van der Waals surface area (Å²) in [7, 11) is 0. The Balaban J connectivity index is 0. The Hall–Kier alpha value is -0.0400. The van der Waals surface area contributed by atoms with Crippen molar-refractivity contribution in [2.45, 2.75) is 53.5 Å². The fourth-order valence-electron chi connectivity index (χ4n) is 1.33. The zero-order valence-corrected chi connectivity index (χ0v) is 15.5. The summed E-state index contributed by atoms with van der Waals surface area (Å²) in [5.41, 5.74) is 0. The average Bonchev–Trinajstić information content (AvgIpc) is 2.33. The third kappa shape index (κ3) is 14.2. The zero-order chi connectivity index (χ0) is 13.8. The number of rotatable bonds is 9. The number of hydrogen-bond donors (Lipinski definition) is 2. The predicted octanol–water partition coefficient (Wildman–Crippen LogP) is 3.02. The minimum atomic E-state index is 0. The van der Waals surface area contributed by atoms with Gasteiger partial charge in [-0.3, -0.25) is 4.99 Å². The summed E-state index contributed by atoms with van der Waals surface area (Å²) in [4.78, 5) is 4.53. The van der Waals surface area contributed by atoms with E-state index in [0.29, 0.717) is 12.0 Å². The van der Waals surface area contributed by atoms with Crippen molar-refractivity contribution in [2.75, 3.05) is 26.3 Å². The van der Waals surface area contributed by atoms with Gasteiger partial charge in [0.05, 0.1) is 0 Å². The fourth-order valence-corrected chi connectivity index (χ4v) is 1.33. The van der Waals surface area contributed by atoms with Crippen LogP contribution in [0.25, 0.3) is 0 Å². The molecule has 0 aliphatic rings. The lowest BCUT2D eigenvalue weighted by atomic mass is 10.2. The topological polar surface area (TPSA) is 45.7 Å². The van der Waals surface area contributed by atoms with Crippen molar-refractivity contribution >= 4 is 29.9 Å². The molecule has 2 N–H and O–H groups in total. The highest BCUT2D eigenvalue weighted by molar-refractivity contribution is 14.0. The second-order valence-electron chi connectivity index (χ2n) is 5.04. The molecule has 5 heteroatoms. The van der Waals surface area contributed by atoms with E-state index in [9.17, 15) is 0 Å². The molecule has 0 bridgehead atoms. The fraction of sp³-hybridized carbons (Fsp3) is 0.929. The molecule has 0 aromatic carbocycles. The Bertz CT molecular complexity index is 223. The standard InChI is InChI=1S/C14H31N3O.HI/c1-6-13(5)17-14(15-7-2)16-9-8-10-18-11-12(3)4;/h12-13H,6-11H2,1-5H3,(H2,15,16,17);1H. The van der Waals surface area contributed by atoms with Gasteiger partial charge in [-0.25, -0.2) is 0 Å². The lowest BCUT2D eigenvalue weighted by molar-refractivity contribution is 0.109. The first kappa shape index (κ1) is 21.3. The van der Waals surface area contributed by atoms with Crippen molar-refractivity contribution in [3.8, 4) is 0 Å². The molecule has 0 saturated heterocycles. The molecular weight excluding hydrogens is 353 g/mol. The number of ether oxygens (including phenoxy) is 1. The molecule has 0 radical (unpaired) electrons. The summed E-state index contributed by atoms with van der Waals surface area (Å²) in [6, 6.07) is 0.458. The van der Waals surface area contributed by atoms with Gasteiger partial charge in [-0.2, -0.15) is 0 Å². The monoisotopic (exact) mass is 385 g/mol. The van der Waals surface area contributed by atoms with Gasteiger partial charge < -0.3 is 15.4 Å². The highest BCUT2D eigenvalue weighted by Crippen LogP contribution is 1.94. The SMILES string of the molecule is CCNC(=NCCCOCC(C)C)NC(C)CC.I. The number of nitrogens with zero attached hydrogens (tertiary/aromatic N) is 1. The number of guanidine groups is 1. The van der Waals surface area contributed by atoms with Crippen LogP contribution < -0.4 is 10.6 Å². The first-order valence-corrected chi connectivity index (χ1v) is 7.22. The van der Waals surface area contributed by atoms with E-state index in [0.717, 1.165) is 45.1 Å². The molecule has 0 amide bonds. The van der Waals surface area contributed by atoms with E-state index in [4.69, 9.17) is 4.74 Å². The Morgan fingerprint density at radius 1 is 1.21 bits per heavy atom. The molecule has 0 aromatic rings. The van der Waals surface area contributed by atoms with Crippen LogP contribution in [0, 0.1) is 5.92 Å². The van der Waals surface area contributed by atoms with E-state index in [1.54, 1.807) is 0 Å². The number of aliphatic imine (C=N–C) groups is 1. The van der Waals surface area contributed by atoms with E-state index < -0.39 is 0 Å². The smallest absolute Gasteiger partial charge is 0.191 e. The molecule has 0 aromatic heterocycles. The van der Waals surface area contributed by atoms with Crippen LogP contribution in [-0.2, 0) is 4.74 Å². The predicted molar refractivity (Wildman–Crippen MR) is 94.6 cm³/mol. The Morgan fingerprint density at radius 3 is 2.42 bits per heavy atom. The van der Waals surface area contributed by atoms with E-state index in [1.165, 1.54) is 0 Å². The third-order valence-corrected chi connectivity index (χ3v) is 2.51. The van der Waals surface area contributed by atoms with Gasteiger partial charge in [0.1, 0.15) is 0 Å². The van der Waals surface area contributed by atoms with Crippen molar-refractivity contribution in [3.63, 3.8) is 0 Å². The molecular formula is C14H32IN3O. The van der Waals surface area contributed by atoms with Crippen molar-refractivity contribution < 1.29 is 4.74 Å². The molecule has 0 aliphatic heterocycles. The van der Waals surface area contributed by atoms with Crippen LogP contribution in [0.15, 0.2) is 4.99 Å². The van der Waals surface area contributed by atoms with Crippen LogP contribution >= 0.6 is 24.0 Å². The van der Waals surface area contributed by atoms with Crippen LogP contribution in [0.1, 0.15) is 47.5 Å². The molecule has 0 spiro atoms. The molecule has 0 heterocycles. The van der Waals surface area contributed by atoms with E-state index >= 15 is 0 Å². The molecule has 0 fully saturated rings. The van der Waals surface area contributed by atoms with Crippen molar-refractivity contribution in [1.82, 2.24) is 10.6 Å². The van der Waals surface area contributed by atoms with Crippen LogP contribution in [0.4, 0.5) is 0 Å². The van der Waals surface area contributed by atoms with Gasteiger partial charge in [-0.05, 0) is 32.6 Å². The van der Waals surface area contributed by atoms with E-state index in [1.807, 2.05) is 0 Å². The van der Waals surface area contributed by atoms with E-state index in [-0.39, 0.29) is 24.0 Å².